The summed E-state index contributed by atoms with van der Waals surface area (Å²) in [7, 11) is -3.36. The molecular weight excluding hydrogens is 409 g/mol. The molecule has 3 heterocycles. The Labute approximate surface area is 144 Å². The maximum absolute atomic E-state index is 11.2. The highest BCUT2D eigenvalue weighted by Crippen LogP contribution is 2.40. The van der Waals surface area contributed by atoms with Crippen LogP contribution in [0.4, 0.5) is 5.82 Å². The molecule has 0 bridgehead atoms. The summed E-state index contributed by atoms with van der Waals surface area (Å²) < 4.78 is 27.7. The number of aromatic nitrogens is 4. The second-order valence-electron chi connectivity index (χ2n) is 5.06. The summed E-state index contributed by atoms with van der Waals surface area (Å²) in [5.41, 5.74) is 6.50. The van der Waals surface area contributed by atoms with Crippen molar-refractivity contribution in [2.45, 2.75) is 24.9 Å². The molecule has 2 aromatic heterocycles. The molecule has 2 unspecified atom stereocenters. The summed E-state index contributed by atoms with van der Waals surface area (Å²) >= 11 is 3.27. The van der Waals surface area contributed by atoms with Gasteiger partial charge in [-0.05, 0) is 15.9 Å². The van der Waals surface area contributed by atoms with Crippen molar-refractivity contribution in [1.29, 1.82) is 0 Å². The van der Waals surface area contributed by atoms with Crippen LogP contribution >= 0.6 is 23.8 Å². The van der Waals surface area contributed by atoms with Gasteiger partial charge < -0.3 is 29.5 Å². The lowest BCUT2D eigenvalue weighted by Crippen LogP contribution is -2.20. The van der Waals surface area contributed by atoms with Crippen LogP contribution < -0.4 is 10.6 Å². The highest BCUT2D eigenvalue weighted by Gasteiger charge is 2.38. The van der Waals surface area contributed by atoms with E-state index in [2.05, 4.69) is 39.9 Å². The van der Waals surface area contributed by atoms with E-state index in [-0.39, 0.29) is 18.8 Å². The number of halogens is 1. The first kappa shape index (κ1) is 17.7. The molecule has 0 aromatic carbocycles. The summed E-state index contributed by atoms with van der Waals surface area (Å²) in [5.74, 6) is 0.194. The minimum absolute atomic E-state index is 0.168. The van der Waals surface area contributed by atoms with E-state index in [1.807, 2.05) is 0 Å². The number of rotatable bonds is 5. The average Bonchev–Trinajstić information content (AvgIpc) is 3.06. The zero-order chi connectivity index (χ0) is 17.5. The van der Waals surface area contributed by atoms with E-state index in [4.69, 9.17) is 10.5 Å². The largest absolute Gasteiger partial charge is 0.756 e. The molecule has 0 saturated carbocycles. The van der Waals surface area contributed by atoms with E-state index in [1.165, 1.54) is 10.9 Å². The summed E-state index contributed by atoms with van der Waals surface area (Å²) in [5, 5.41) is 10.3. The quantitative estimate of drug-likeness (QED) is 0.494. The van der Waals surface area contributed by atoms with Crippen molar-refractivity contribution in [2.75, 3.05) is 19.5 Å². The summed E-state index contributed by atoms with van der Waals surface area (Å²) in [6.07, 6.45) is -0.957. The number of aliphatic hydroxyl groups excluding tert-OH is 1. The van der Waals surface area contributed by atoms with Crippen molar-refractivity contribution in [3.8, 4) is 0 Å². The van der Waals surface area contributed by atoms with Crippen LogP contribution in [-0.2, 0) is 18.3 Å². The fourth-order valence-electron chi connectivity index (χ4n) is 2.42. The van der Waals surface area contributed by atoms with Crippen molar-refractivity contribution in [3.05, 3.63) is 11.1 Å². The number of phosphoric ester groups is 1. The lowest BCUT2D eigenvalue weighted by Gasteiger charge is -2.22. The average molecular weight is 423 g/mol. The van der Waals surface area contributed by atoms with Gasteiger partial charge in [-0.25, -0.2) is 15.0 Å². The van der Waals surface area contributed by atoms with Gasteiger partial charge in [0.25, 0.3) is 7.82 Å². The predicted octanol–water partition coefficient (Wildman–Crippen LogP) is -0.0492. The fourth-order valence-corrected chi connectivity index (χ4v) is 3.42. The number of fused-ring (bicyclic) bond motifs is 1. The Morgan fingerprint density at radius 1 is 1.62 bits per heavy atom. The van der Waals surface area contributed by atoms with Crippen molar-refractivity contribution in [2.24, 2.45) is 0 Å². The number of hydrogen-bond donors (Lipinski definition) is 2. The molecule has 4 atom stereocenters. The Bertz CT molecular complexity index is 803. The van der Waals surface area contributed by atoms with Gasteiger partial charge in [0, 0.05) is 13.5 Å². The first-order chi connectivity index (χ1) is 11.3. The monoisotopic (exact) mass is 422 g/mol. The number of phosphoric acid groups is 1. The third-order valence-electron chi connectivity index (χ3n) is 3.52. The minimum atomic E-state index is -4.36. The van der Waals surface area contributed by atoms with Crippen molar-refractivity contribution in [3.63, 3.8) is 0 Å². The lowest BCUT2D eigenvalue weighted by atomic mass is 10.2. The van der Waals surface area contributed by atoms with E-state index in [0.717, 1.165) is 7.11 Å². The molecular formula is C11H14BrN5O6P-. The highest BCUT2D eigenvalue weighted by molar-refractivity contribution is 9.10. The normalized spacial score (nSPS) is 26.8. The maximum atomic E-state index is 11.2. The Morgan fingerprint density at radius 3 is 3.08 bits per heavy atom. The van der Waals surface area contributed by atoms with Gasteiger partial charge >= 0.3 is 0 Å². The van der Waals surface area contributed by atoms with Crippen LogP contribution in [0.5, 0.6) is 0 Å². The van der Waals surface area contributed by atoms with E-state index >= 15 is 0 Å². The zero-order valence-electron chi connectivity index (χ0n) is 12.4. The number of anilines is 1. The smallest absolute Gasteiger partial charge is 0.267 e. The van der Waals surface area contributed by atoms with Gasteiger partial charge in [0.1, 0.15) is 12.4 Å². The van der Waals surface area contributed by atoms with Gasteiger partial charge in [0.2, 0.25) is 0 Å². The van der Waals surface area contributed by atoms with Gasteiger partial charge in [-0.1, -0.05) is 0 Å². The molecule has 13 heteroatoms. The molecule has 0 spiro atoms. The molecule has 2 aromatic rings. The standard InChI is InChI=1S/C11H15BrN5O6P/c1-21-24(19,20)22-3-5-2-6(18)10(23-5)17-9-7(16-11(17)12)8(13)14-4-15-9/h4-6,10,18H,2-3H2,1H3,(H,19,20)(H2,13,14,15)/p-1/t5-,6?,10+/m0/s1. The Hall–Kier alpha value is -1.14. The maximum Gasteiger partial charge on any atom is 0.267 e. The van der Waals surface area contributed by atoms with Crippen LogP contribution in [0, 0.1) is 0 Å². The minimum Gasteiger partial charge on any atom is -0.756 e. The zero-order valence-corrected chi connectivity index (χ0v) is 14.9. The molecule has 3 rings (SSSR count). The van der Waals surface area contributed by atoms with Crippen LogP contribution in [0.15, 0.2) is 11.1 Å². The van der Waals surface area contributed by atoms with Gasteiger partial charge in [-0.2, -0.15) is 0 Å². The molecule has 1 saturated heterocycles. The third-order valence-corrected chi connectivity index (χ3v) is 5.00. The van der Waals surface area contributed by atoms with Crippen LogP contribution in [0.2, 0.25) is 0 Å². The topological polar surface area (TPSA) is 158 Å². The van der Waals surface area contributed by atoms with Gasteiger partial charge in [0.05, 0.1) is 12.7 Å². The van der Waals surface area contributed by atoms with Crippen LogP contribution in [0.25, 0.3) is 11.2 Å². The Balaban J connectivity index is 1.82. The number of hydrogen-bond acceptors (Lipinski definition) is 10. The lowest BCUT2D eigenvalue weighted by molar-refractivity contribution is -0.225. The molecule has 1 fully saturated rings. The van der Waals surface area contributed by atoms with Crippen molar-refractivity contribution < 1.29 is 28.3 Å². The highest BCUT2D eigenvalue weighted by atomic mass is 79.9. The number of ether oxygens (including phenoxy) is 1. The second kappa shape index (κ2) is 6.64. The van der Waals surface area contributed by atoms with Crippen molar-refractivity contribution >= 4 is 40.7 Å². The summed E-state index contributed by atoms with van der Waals surface area (Å²) in [4.78, 5) is 23.4. The Kier molecular flexibility index (Phi) is 4.89. The first-order valence-electron chi connectivity index (χ1n) is 6.81. The van der Waals surface area contributed by atoms with E-state index < -0.39 is 26.3 Å². The summed E-state index contributed by atoms with van der Waals surface area (Å²) in [6.45, 7) is -0.274. The SMILES string of the molecule is COP(=O)([O-])OC[C@@H]1CC(O)[C@H](n2c(Br)nc3c(N)ncnc32)O1. The number of aliphatic hydroxyl groups is 1. The molecule has 0 radical (unpaired) electrons. The van der Waals surface area contributed by atoms with Crippen LogP contribution in [0.3, 0.4) is 0 Å². The van der Waals surface area contributed by atoms with E-state index in [1.54, 1.807) is 0 Å². The predicted molar refractivity (Wildman–Crippen MR) is 82.5 cm³/mol. The van der Waals surface area contributed by atoms with Gasteiger partial charge in [0.15, 0.2) is 27.9 Å². The first-order valence-corrected chi connectivity index (χ1v) is 9.06. The summed E-state index contributed by atoms with van der Waals surface area (Å²) in [6, 6.07) is 0. The van der Waals surface area contributed by atoms with Crippen molar-refractivity contribution in [1.82, 2.24) is 19.5 Å². The third kappa shape index (κ3) is 3.31. The molecule has 0 aliphatic carbocycles. The Morgan fingerprint density at radius 2 is 2.38 bits per heavy atom. The van der Waals surface area contributed by atoms with Crippen LogP contribution in [0.1, 0.15) is 12.6 Å². The van der Waals surface area contributed by atoms with Gasteiger partial charge in [-0.3, -0.25) is 9.13 Å². The number of nitrogen functional groups attached to an aromatic ring is 1. The molecule has 1 aliphatic heterocycles. The fraction of sp³-hybridized carbons (Fsp3) is 0.545. The van der Waals surface area contributed by atoms with E-state index in [9.17, 15) is 14.6 Å². The second-order valence-corrected chi connectivity index (χ2v) is 7.29. The van der Waals surface area contributed by atoms with Crippen LogP contribution in [-0.4, -0.2) is 50.6 Å². The molecule has 1 aliphatic rings. The number of nitrogens with two attached hydrogens (primary N) is 1. The molecule has 132 valence electrons. The molecule has 3 N–H and O–H groups in total. The number of nitrogens with zero attached hydrogens (tertiary/aromatic N) is 4. The van der Waals surface area contributed by atoms with E-state index in [0.29, 0.717) is 15.9 Å². The molecule has 0 amide bonds. The number of imidazole rings is 1. The molecule has 11 nitrogen and oxygen atoms in total. The van der Waals surface area contributed by atoms with Gasteiger partial charge in [-0.15, -0.1) is 0 Å². The molecule has 24 heavy (non-hydrogen) atoms.